The number of ether oxygens (including phenoxy) is 1. The third-order valence-electron chi connectivity index (χ3n) is 6.07. The van der Waals surface area contributed by atoms with Crippen LogP contribution in [0.4, 0.5) is 0 Å². The summed E-state index contributed by atoms with van der Waals surface area (Å²) in [5.41, 5.74) is 6.56. The molecule has 0 amide bonds. The Kier molecular flexibility index (Phi) is 6.10. The second kappa shape index (κ2) is 7.43. The minimum absolute atomic E-state index is 0.225. The van der Waals surface area contributed by atoms with Gasteiger partial charge in [-0.15, -0.1) is 0 Å². The fraction of sp³-hybridized carbons (Fsp3) is 1.00. The van der Waals surface area contributed by atoms with E-state index in [1.54, 1.807) is 0 Å². The van der Waals surface area contributed by atoms with Gasteiger partial charge in [-0.1, -0.05) is 33.6 Å². The highest BCUT2D eigenvalue weighted by Gasteiger charge is 2.42. The second-order valence-electron chi connectivity index (χ2n) is 7.72. The molecule has 2 rings (SSSR count). The van der Waals surface area contributed by atoms with Gasteiger partial charge in [-0.05, 0) is 44.4 Å². The Bertz CT molecular complexity index is 320. The smallest absolute Gasteiger partial charge is 0.0675 e. The quantitative estimate of drug-likeness (QED) is 0.808. The lowest BCUT2D eigenvalue weighted by atomic mass is 9.84. The first-order valence-electron chi connectivity index (χ1n) is 9.11. The maximum atomic E-state index is 6.34. The summed E-state index contributed by atoms with van der Waals surface area (Å²) in [7, 11) is 0. The number of rotatable bonds is 4. The van der Waals surface area contributed by atoms with Gasteiger partial charge in [0.2, 0.25) is 0 Å². The zero-order valence-corrected chi connectivity index (χ0v) is 14.6. The summed E-state index contributed by atoms with van der Waals surface area (Å²) in [6.45, 7) is 12.0. The summed E-state index contributed by atoms with van der Waals surface area (Å²) in [5, 5.41) is 0. The Balaban J connectivity index is 2.15. The largest absolute Gasteiger partial charge is 0.376 e. The monoisotopic (exact) mass is 296 g/mol. The lowest BCUT2D eigenvalue weighted by molar-refractivity contribution is -0.103. The van der Waals surface area contributed by atoms with E-state index in [-0.39, 0.29) is 5.54 Å². The van der Waals surface area contributed by atoms with Gasteiger partial charge in [0.15, 0.2) is 0 Å². The van der Waals surface area contributed by atoms with Crippen LogP contribution in [0.25, 0.3) is 0 Å². The molecule has 1 saturated carbocycles. The highest BCUT2D eigenvalue weighted by molar-refractivity contribution is 4.98. The van der Waals surface area contributed by atoms with Crippen molar-refractivity contribution >= 4 is 0 Å². The lowest BCUT2D eigenvalue weighted by Gasteiger charge is -2.51. The summed E-state index contributed by atoms with van der Waals surface area (Å²) in [6.07, 6.45) is 8.13. The van der Waals surface area contributed by atoms with Gasteiger partial charge in [0.05, 0.1) is 12.7 Å². The van der Waals surface area contributed by atoms with E-state index in [9.17, 15) is 0 Å². The summed E-state index contributed by atoms with van der Waals surface area (Å²) in [6, 6.07) is 0.556. The van der Waals surface area contributed by atoms with Gasteiger partial charge >= 0.3 is 0 Å². The lowest BCUT2D eigenvalue weighted by Crippen LogP contribution is -2.62. The predicted octanol–water partition coefficient (Wildman–Crippen LogP) is 3.42. The molecular formula is C18H36N2O. The van der Waals surface area contributed by atoms with E-state index < -0.39 is 0 Å². The van der Waals surface area contributed by atoms with E-state index in [1.165, 1.54) is 38.5 Å². The van der Waals surface area contributed by atoms with E-state index in [4.69, 9.17) is 10.5 Å². The van der Waals surface area contributed by atoms with Crippen molar-refractivity contribution in [2.45, 2.75) is 83.9 Å². The van der Waals surface area contributed by atoms with Gasteiger partial charge in [0, 0.05) is 24.7 Å². The molecule has 1 aliphatic heterocycles. The zero-order valence-electron chi connectivity index (χ0n) is 14.6. The van der Waals surface area contributed by atoms with E-state index in [0.717, 1.165) is 31.5 Å². The topological polar surface area (TPSA) is 38.5 Å². The molecule has 4 atom stereocenters. The molecule has 0 aromatic rings. The molecule has 1 saturated heterocycles. The van der Waals surface area contributed by atoms with Crippen LogP contribution in [0.1, 0.15) is 66.2 Å². The second-order valence-corrected chi connectivity index (χ2v) is 7.72. The fourth-order valence-corrected chi connectivity index (χ4v) is 4.46. The SMILES string of the molecule is CCC1COC(C)CN1C1(CN)CCCC(C(C)C)CC1. The standard InChI is InChI=1S/C18H36N2O/c1-5-17-12-21-15(4)11-20(17)18(13-19)9-6-7-16(8-10-18)14(2)3/h14-17H,5-13,19H2,1-4H3. The molecule has 2 aliphatic rings. The van der Waals surface area contributed by atoms with Gasteiger partial charge < -0.3 is 10.5 Å². The minimum atomic E-state index is 0.225. The summed E-state index contributed by atoms with van der Waals surface area (Å²) in [4.78, 5) is 2.74. The molecule has 0 aromatic heterocycles. The maximum Gasteiger partial charge on any atom is 0.0675 e. The molecule has 4 unspecified atom stereocenters. The molecule has 21 heavy (non-hydrogen) atoms. The van der Waals surface area contributed by atoms with Gasteiger partial charge in [0.1, 0.15) is 0 Å². The van der Waals surface area contributed by atoms with E-state index in [2.05, 4.69) is 32.6 Å². The van der Waals surface area contributed by atoms with Gasteiger partial charge in [0.25, 0.3) is 0 Å². The highest BCUT2D eigenvalue weighted by Crippen LogP contribution is 2.39. The summed E-state index contributed by atoms with van der Waals surface area (Å²) in [5.74, 6) is 1.70. The Labute approximate surface area is 131 Å². The number of morpholine rings is 1. The summed E-state index contributed by atoms with van der Waals surface area (Å²) >= 11 is 0. The van der Waals surface area contributed by atoms with Crippen molar-refractivity contribution in [3.05, 3.63) is 0 Å². The van der Waals surface area contributed by atoms with Crippen LogP contribution in [0.15, 0.2) is 0 Å². The molecule has 0 radical (unpaired) electrons. The molecule has 0 spiro atoms. The normalized spacial score (nSPS) is 39.4. The molecule has 1 heterocycles. The Morgan fingerprint density at radius 2 is 2.05 bits per heavy atom. The third-order valence-corrected chi connectivity index (χ3v) is 6.07. The molecular weight excluding hydrogens is 260 g/mol. The van der Waals surface area contributed by atoms with Gasteiger partial charge in [-0.2, -0.15) is 0 Å². The van der Waals surface area contributed by atoms with Crippen molar-refractivity contribution in [2.24, 2.45) is 17.6 Å². The Morgan fingerprint density at radius 3 is 2.67 bits per heavy atom. The Morgan fingerprint density at radius 1 is 1.29 bits per heavy atom. The van der Waals surface area contributed by atoms with Gasteiger partial charge in [-0.3, -0.25) is 4.90 Å². The maximum absolute atomic E-state index is 6.34. The first-order chi connectivity index (χ1) is 10.0. The molecule has 2 N–H and O–H groups in total. The molecule has 124 valence electrons. The number of hydrogen-bond donors (Lipinski definition) is 1. The first kappa shape index (κ1) is 17.2. The van der Waals surface area contributed by atoms with Crippen LogP contribution in [0, 0.1) is 11.8 Å². The molecule has 3 nitrogen and oxygen atoms in total. The van der Waals surface area contributed by atoms with Crippen molar-refractivity contribution < 1.29 is 4.74 Å². The van der Waals surface area contributed by atoms with Crippen molar-refractivity contribution in [1.82, 2.24) is 4.90 Å². The molecule has 2 fully saturated rings. The third kappa shape index (κ3) is 3.80. The van der Waals surface area contributed by atoms with E-state index >= 15 is 0 Å². The van der Waals surface area contributed by atoms with Crippen molar-refractivity contribution in [1.29, 1.82) is 0 Å². The fourth-order valence-electron chi connectivity index (χ4n) is 4.46. The van der Waals surface area contributed by atoms with Gasteiger partial charge in [-0.25, -0.2) is 0 Å². The van der Waals surface area contributed by atoms with Crippen LogP contribution in [-0.2, 0) is 4.74 Å². The van der Waals surface area contributed by atoms with Crippen LogP contribution < -0.4 is 5.73 Å². The predicted molar refractivity (Wildman–Crippen MR) is 89.4 cm³/mol. The van der Waals surface area contributed by atoms with E-state index in [0.29, 0.717) is 12.1 Å². The number of hydrogen-bond acceptors (Lipinski definition) is 3. The first-order valence-corrected chi connectivity index (χ1v) is 9.11. The molecule has 0 aromatic carbocycles. The van der Waals surface area contributed by atoms with Crippen LogP contribution in [0.5, 0.6) is 0 Å². The zero-order chi connectivity index (χ0) is 15.5. The van der Waals surface area contributed by atoms with Crippen molar-refractivity contribution in [3.8, 4) is 0 Å². The van der Waals surface area contributed by atoms with Crippen molar-refractivity contribution in [2.75, 3.05) is 19.7 Å². The summed E-state index contributed by atoms with van der Waals surface area (Å²) < 4.78 is 5.90. The molecule has 1 aliphatic carbocycles. The highest BCUT2D eigenvalue weighted by atomic mass is 16.5. The molecule has 3 heteroatoms. The number of nitrogens with two attached hydrogens (primary N) is 1. The van der Waals surface area contributed by atoms with E-state index in [1.807, 2.05) is 0 Å². The Hall–Kier alpha value is -0.120. The van der Waals surface area contributed by atoms with Crippen LogP contribution in [0.2, 0.25) is 0 Å². The number of nitrogens with zero attached hydrogens (tertiary/aromatic N) is 1. The average Bonchev–Trinajstić information content (AvgIpc) is 2.70. The van der Waals surface area contributed by atoms with Crippen LogP contribution in [0.3, 0.4) is 0 Å². The van der Waals surface area contributed by atoms with Crippen LogP contribution >= 0.6 is 0 Å². The minimum Gasteiger partial charge on any atom is -0.376 e. The van der Waals surface area contributed by atoms with Crippen molar-refractivity contribution in [3.63, 3.8) is 0 Å². The average molecular weight is 296 g/mol. The molecule has 0 bridgehead atoms. The van der Waals surface area contributed by atoms with Crippen LogP contribution in [-0.4, -0.2) is 42.3 Å².